The molecule has 0 saturated heterocycles. The Balaban J connectivity index is 2.51. The van der Waals surface area contributed by atoms with Gasteiger partial charge in [-0.1, -0.05) is 74.0 Å². The fourth-order valence-corrected chi connectivity index (χ4v) is 3.52. The Morgan fingerprint density at radius 1 is 0.905 bits per heavy atom. The number of hydrogen-bond acceptors (Lipinski definition) is 1. The number of aryl methyl sites for hydroxylation is 1. The number of hydrogen-bond donors (Lipinski definition) is 1. The van der Waals surface area contributed by atoms with E-state index in [-0.39, 0.29) is 5.41 Å². The van der Waals surface area contributed by atoms with E-state index in [1.54, 1.807) is 0 Å². The molecule has 1 atom stereocenters. The van der Waals surface area contributed by atoms with Gasteiger partial charge in [0.25, 0.3) is 0 Å². The van der Waals surface area contributed by atoms with Crippen LogP contribution < -0.4 is 5.32 Å². The van der Waals surface area contributed by atoms with Gasteiger partial charge in [0.2, 0.25) is 0 Å². The lowest BCUT2D eigenvalue weighted by molar-refractivity contribution is 0.287. The zero-order valence-electron chi connectivity index (χ0n) is 13.7. The molecule has 112 valence electrons. The van der Waals surface area contributed by atoms with Crippen LogP contribution in [-0.4, -0.2) is 7.05 Å². The molecule has 1 nitrogen and oxygen atoms in total. The van der Waals surface area contributed by atoms with Crippen LogP contribution in [0.1, 0.15) is 49.4 Å². The summed E-state index contributed by atoms with van der Waals surface area (Å²) in [6.07, 6.45) is 2.24. The fraction of sp³-hybridized carbons (Fsp3) is 0.400. The van der Waals surface area contributed by atoms with Crippen LogP contribution in [-0.2, 0) is 5.41 Å². The molecule has 21 heavy (non-hydrogen) atoms. The smallest absolute Gasteiger partial charge is 0.0415 e. The summed E-state index contributed by atoms with van der Waals surface area (Å²) in [4.78, 5) is 0. The van der Waals surface area contributed by atoms with Gasteiger partial charge in [0, 0.05) is 11.5 Å². The highest BCUT2D eigenvalue weighted by atomic mass is 14.9. The van der Waals surface area contributed by atoms with Gasteiger partial charge in [0.15, 0.2) is 0 Å². The molecule has 0 aliphatic heterocycles. The lowest BCUT2D eigenvalue weighted by atomic mass is 9.68. The molecule has 0 heterocycles. The highest BCUT2D eigenvalue weighted by molar-refractivity contribution is 5.34. The molecule has 2 rings (SSSR count). The Kier molecular flexibility index (Phi) is 5.19. The van der Waals surface area contributed by atoms with E-state index < -0.39 is 0 Å². The highest BCUT2D eigenvalue weighted by Gasteiger charge is 2.37. The molecule has 1 heteroatoms. The second-order valence-electron chi connectivity index (χ2n) is 5.86. The maximum absolute atomic E-state index is 3.58. The first-order chi connectivity index (χ1) is 10.2. The predicted molar refractivity (Wildman–Crippen MR) is 91.7 cm³/mol. The Morgan fingerprint density at radius 2 is 1.48 bits per heavy atom. The first kappa shape index (κ1) is 15.8. The van der Waals surface area contributed by atoms with Gasteiger partial charge in [-0.25, -0.2) is 0 Å². The van der Waals surface area contributed by atoms with Crippen molar-refractivity contribution in [1.29, 1.82) is 0 Å². The first-order valence-electron chi connectivity index (χ1n) is 7.97. The van der Waals surface area contributed by atoms with Gasteiger partial charge in [0.05, 0.1) is 0 Å². The van der Waals surface area contributed by atoms with Crippen LogP contribution >= 0.6 is 0 Å². The highest BCUT2D eigenvalue weighted by Crippen LogP contribution is 2.42. The maximum Gasteiger partial charge on any atom is 0.0415 e. The second kappa shape index (κ2) is 6.91. The van der Waals surface area contributed by atoms with Crippen LogP contribution in [0.5, 0.6) is 0 Å². The summed E-state index contributed by atoms with van der Waals surface area (Å²) in [5.41, 5.74) is 4.24. The molecule has 0 aliphatic rings. The molecule has 0 saturated carbocycles. The molecule has 0 aromatic heterocycles. The summed E-state index contributed by atoms with van der Waals surface area (Å²) < 4.78 is 0. The van der Waals surface area contributed by atoms with Crippen molar-refractivity contribution in [2.24, 2.45) is 0 Å². The van der Waals surface area contributed by atoms with Crippen molar-refractivity contribution in [3.8, 4) is 0 Å². The average Bonchev–Trinajstić information content (AvgIpc) is 2.55. The topological polar surface area (TPSA) is 12.0 Å². The summed E-state index contributed by atoms with van der Waals surface area (Å²) >= 11 is 0. The van der Waals surface area contributed by atoms with Crippen molar-refractivity contribution >= 4 is 0 Å². The van der Waals surface area contributed by atoms with Gasteiger partial charge in [-0.3, -0.25) is 0 Å². The van der Waals surface area contributed by atoms with E-state index >= 15 is 0 Å². The predicted octanol–water partition coefficient (Wildman–Crippen LogP) is 5.01. The molecule has 0 fully saturated rings. The number of benzene rings is 2. The zero-order chi connectivity index (χ0) is 15.3. The van der Waals surface area contributed by atoms with E-state index in [0.29, 0.717) is 6.04 Å². The monoisotopic (exact) mass is 281 g/mol. The third-order valence-electron chi connectivity index (χ3n) is 4.86. The average molecular weight is 281 g/mol. The third-order valence-corrected chi connectivity index (χ3v) is 4.86. The molecule has 1 N–H and O–H groups in total. The number of likely N-dealkylation sites (N-methyl/N-ethyl adjacent to an activating group) is 1. The van der Waals surface area contributed by atoms with Crippen LogP contribution in [0.15, 0.2) is 54.6 Å². The Hall–Kier alpha value is -1.60. The molecule has 1 unspecified atom stereocenters. The minimum Gasteiger partial charge on any atom is -0.312 e. The molecule has 0 aliphatic carbocycles. The molecular formula is C20H27N. The van der Waals surface area contributed by atoms with Gasteiger partial charge >= 0.3 is 0 Å². The van der Waals surface area contributed by atoms with Crippen molar-refractivity contribution in [3.63, 3.8) is 0 Å². The van der Waals surface area contributed by atoms with Crippen molar-refractivity contribution < 1.29 is 0 Å². The normalized spacial score (nSPS) is 13.1. The number of rotatable bonds is 6. The van der Waals surface area contributed by atoms with Crippen LogP contribution in [0.4, 0.5) is 0 Å². The van der Waals surface area contributed by atoms with Gasteiger partial charge < -0.3 is 5.32 Å². The third kappa shape index (κ3) is 3.03. The molecule has 0 radical (unpaired) electrons. The molecule has 2 aromatic carbocycles. The lowest BCUT2D eigenvalue weighted by Gasteiger charge is -2.40. The zero-order valence-corrected chi connectivity index (χ0v) is 13.7. The van der Waals surface area contributed by atoms with Gasteiger partial charge in [-0.2, -0.15) is 0 Å². The Labute approximate surface area is 129 Å². The van der Waals surface area contributed by atoms with Crippen LogP contribution in [0, 0.1) is 6.92 Å². The van der Waals surface area contributed by atoms with Gasteiger partial charge in [-0.05, 0) is 37.9 Å². The summed E-state index contributed by atoms with van der Waals surface area (Å²) in [5, 5.41) is 3.58. The number of nitrogens with one attached hydrogen (secondary N) is 1. The molecule has 0 amide bonds. The van der Waals surface area contributed by atoms with E-state index in [0.717, 1.165) is 12.8 Å². The summed E-state index contributed by atoms with van der Waals surface area (Å²) in [6.45, 7) is 6.74. The Bertz CT molecular complexity index is 538. The maximum atomic E-state index is 3.58. The summed E-state index contributed by atoms with van der Waals surface area (Å²) in [5.74, 6) is 0. The SMILES string of the molecule is CCC(CC)(c1ccccc1)C(NC)c1ccc(C)cc1. The summed E-state index contributed by atoms with van der Waals surface area (Å²) in [7, 11) is 2.08. The molecule has 2 aromatic rings. The quantitative estimate of drug-likeness (QED) is 0.784. The van der Waals surface area contributed by atoms with E-state index in [1.165, 1.54) is 16.7 Å². The largest absolute Gasteiger partial charge is 0.312 e. The minimum absolute atomic E-state index is 0.130. The second-order valence-corrected chi connectivity index (χ2v) is 5.86. The van der Waals surface area contributed by atoms with E-state index in [4.69, 9.17) is 0 Å². The van der Waals surface area contributed by atoms with Crippen LogP contribution in [0.2, 0.25) is 0 Å². The van der Waals surface area contributed by atoms with Gasteiger partial charge in [0.1, 0.15) is 0 Å². The van der Waals surface area contributed by atoms with Crippen LogP contribution in [0.3, 0.4) is 0 Å². The minimum atomic E-state index is 0.130. The van der Waals surface area contributed by atoms with Crippen LogP contribution in [0.25, 0.3) is 0 Å². The standard InChI is InChI=1S/C20H27N/c1-5-20(6-2,18-10-8-7-9-11-18)19(21-4)17-14-12-16(3)13-15-17/h7-15,19,21H,5-6H2,1-4H3. The van der Waals surface area contributed by atoms with E-state index in [1.807, 2.05) is 0 Å². The van der Waals surface area contributed by atoms with Crippen molar-refractivity contribution in [2.45, 2.75) is 45.1 Å². The molecular weight excluding hydrogens is 254 g/mol. The lowest BCUT2D eigenvalue weighted by Crippen LogP contribution is -2.39. The fourth-order valence-electron chi connectivity index (χ4n) is 3.52. The van der Waals surface area contributed by atoms with E-state index in [2.05, 4.69) is 87.7 Å². The molecule has 0 spiro atoms. The first-order valence-corrected chi connectivity index (χ1v) is 7.97. The molecule has 0 bridgehead atoms. The van der Waals surface area contributed by atoms with Crippen molar-refractivity contribution in [2.75, 3.05) is 7.05 Å². The van der Waals surface area contributed by atoms with Crippen molar-refractivity contribution in [1.82, 2.24) is 5.32 Å². The Morgan fingerprint density at radius 3 is 1.95 bits per heavy atom. The summed E-state index contributed by atoms with van der Waals surface area (Å²) in [6, 6.07) is 20.2. The van der Waals surface area contributed by atoms with Crippen molar-refractivity contribution in [3.05, 3.63) is 71.3 Å². The van der Waals surface area contributed by atoms with Gasteiger partial charge in [-0.15, -0.1) is 0 Å². The van der Waals surface area contributed by atoms with E-state index in [9.17, 15) is 0 Å².